The molecule has 0 aliphatic carbocycles. The van der Waals surface area contributed by atoms with Gasteiger partial charge in [0.1, 0.15) is 0 Å². The van der Waals surface area contributed by atoms with E-state index in [1.807, 2.05) is 0 Å². The molecule has 0 heterocycles. The van der Waals surface area contributed by atoms with Crippen LogP contribution in [0.5, 0.6) is 0 Å². The zero-order valence-electron chi connectivity index (χ0n) is 12.8. The quantitative estimate of drug-likeness (QED) is 0.789. The summed E-state index contributed by atoms with van der Waals surface area (Å²) in [7, 11) is -4.36. The highest BCUT2D eigenvalue weighted by molar-refractivity contribution is 7.90. The first-order valence-electron chi connectivity index (χ1n) is 6.81. The summed E-state index contributed by atoms with van der Waals surface area (Å²) in [6, 6.07) is 6.61. The number of sulfone groups is 1. The molecular formula is C16H12Cl2O6S. The van der Waals surface area contributed by atoms with Crippen LogP contribution in [0.15, 0.2) is 35.2 Å². The summed E-state index contributed by atoms with van der Waals surface area (Å²) in [6.07, 6.45) is 0. The molecule has 0 amide bonds. The van der Waals surface area contributed by atoms with Gasteiger partial charge in [0.25, 0.3) is 0 Å². The summed E-state index contributed by atoms with van der Waals surface area (Å²) in [4.78, 5) is 22.2. The molecule has 25 heavy (non-hydrogen) atoms. The van der Waals surface area contributed by atoms with Crippen molar-refractivity contribution in [3.05, 3.63) is 62.6 Å². The van der Waals surface area contributed by atoms with Gasteiger partial charge in [-0.2, -0.15) is 0 Å². The van der Waals surface area contributed by atoms with Crippen LogP contribution in [0, 0.1) is 6.92 Å². The fourth-order valence-electron chi connectivity index (χ4n) is 2.36. The Hall–Kier alpha value is -2.09. The highest BCUT2D eigenvalue weighted by Gasteiger charge is 2.30. The van der Waals surface area contributed by atoms with Gasteiger partial charge in [0.05, 0.1) is 21.8 Å². The third-order valence-electron chi connectivity index (χ3n) is 3.40. The second kappa shape index (κ2) is 7.03. The molecule has 6 nitrogen and oxygen atoms in total. The van der Waals surface area contributed by atoms with Crippen molar-refractivity contribution >= 4 is 45.0 Å². The molecule has 9 heteroatoms. The SMILES string of the molecule is Cc1cc(C(=O)O)c(S(=O)(=O)Cc2c(Cl)cccc2Cl)c(C(=O)O)c1. The Morgan fingerprint density at radius 3 is 1.84 bits per heavy atom. The molecule has 0 saturated carbocycles. The van der Waals surface area contributed by atoms with Crippen LogP contribution in [0.3, 0.4) is 0 Å². The van der Waals surface area contributed by atoms with E-state index in [2.05, 4.69) is 0 Å². The number of benzene rings is 2. The van der Waals surface area contributed by atoms with Gasteiger partial charge in [-0.05, 0) is 36.8 Å². The average molecular weight is 403 g/mol. The van der Waals surface area contributed by atoms with Crippen LogP contribution in [0.2, 0.25) is 10.0 Å². The predicted molar refractivity (Wildman–Crippen MR) is 92.4 cm³/mol. The van der Waals surface area contributed by atoms with E-state index >= 15 is 0 Å². The number of aromatic carboxylic acids is 2. The molecule has 0 aliphatic heterocycles. The summed E-state index contributed by atoms with van der Waals surface area (Å²) in [6.45, 7) is 1.47. The number of rotatable bonds is 5. The van der Waals surface area contributed by atoms with Crippen molar-refractivity contribution in [3.8, 4) is 0 Å². The number of carboxylic acids is 2. The molecule has 0 fully saturated rings. The first kappa shape index (κ1) is 19.2. The number of carbonyl (C=O) groups is 2. The molecule has 132 valence electrons. The Morgan fingerprint density at radius 1 is 1.00 bits per heavy atom. The van der Waals surface area contributed by atoms with Crippen molar-refractivity contribution in [1.29, 1.82) is 0 Å². The van der Waals surface area contributed by atoms with Crippen LogP contribution in [0.1, 0.15) is 31.8 Å². The Bertz CT molecular complexity index is 927. The molecule has 2 N–H and O–H groups in total. The van der Waals surface area contributed by atoms with E-state index in [0.29, 0.717) is 5.56 Å². The summed E-state index contributed by atoms with van der Waals surface area (Å²) in [5, 5.41) is 18.8. The number of hydrogen-bond donors (Lipinski definition) is 2. The second-order valence-electron chi connectivity index (χ2n) is 5.26. The lowest BCUT2D eigenvalue weighted by Crippen LogP contribution is -2.17. The van der Waals surface area contributed by atoms with Gasteiger partial charge >= 0.3 is 11.9 Å². The average Bonchev–Trinajstić information content (AvgIpc) is 2.49. The molecule has 0 radical (unpaired) electrons. The van der Waals surface area contributed by atoms with Crippen molar-refractivity contribution in [2.24, 2.45) is 0 Å². The molecule has 2 aromatic rings. The van der Waals surface area contributed by atoms with Gasteiger partial charge in [-0.15, -0.1) is 0 Å². The minimum absolute atomic E-state index is 0.0686. The first-order chi connectivity index (χ1) is 11.5. The molecule has 0 unspecified atom stereocenters. The third kappa shape index (κ3) is 3.95. The van der Waals surface area contributed by atoms with Gasteiger partial charge in [-0.1, -0.05) is 29.3 Å². The summed E-state index contributed by atoms with van der Waals surface area (Å²) in [5.74, 6) is -3.82. The largest absolute Gasteiger partial charge is 0.478 e. The minimum atomic E-state index is -4.36. The van der Waals surface area contributed by atoms with Crippen molar-refractivity contribution in [2.75, 3.05) is 0 Å². The van der Waals surface area contributed by atoms with E-state index in [1.54, 1.807) is 0 Å². The van der Waals surface area contributed by atoms with Crippen LogP contribution in [0.25, 0.3) is 0 Å². The summed E-state index contributed by atoms with van der Waals surface area (Å²) >= 11 is 11.9. The molecule has 0 bridgehead atoms. The molecule has 2 aromatic carbocycles. The van der Waals surface area contributed by atoms with E-state index in [0.717, 1.165) is 12.1 Å². The lowest BCUT2D eigenvalue weighted by molar-refractivity contribution is 0.0689. The molecule has 0 aromatic heterocycles. The highest BCUT2D eigenvalue weighted by Crippen LogP contribution is 2.31. The van der Waals surface area contributed by atoms with Crippen LogP contribution >= 0.6 is 23.2 Å². The molecule has 0 atom stereocenters. The monoisotopic (exact) mass is 402 g/mol. The number of hydrogen-bond acceptors (Lipinski definition) is 4. The van der Waals surface area contributed by atoms with Gasteiger partial charge in [-0.25, -0.2) is 18.0 Å². The van der Waals surface area contributed by atoms with Crippen LogP contribution in [-0.2, 0) is 15.6 Å². The summed E-state index contributed by atoms with van der Waals surface area (Å²) < 4.78 is 25.6. The number of halogens is 2. The fourth-order valence-corrected chi connectivity index (χ4v) is 4.85. The van der Waals surface area contributed by atoms with Crippen molar-refractivity contribution in [1.82, 2.24) is 0 Å². The first-order valence-corrected chi connectivity index (χ1v) is 9.22. The van der Waals surface area contributed by atoms with E-state index in [9.17, 15) is 28.2 Å². The van der Waals surface area contributed by atoms with Crippen molar-refractivity contribution < 1.29 is 28.2 Å². The Labute approximate surface area is 153 Å². The zero-order chi connectivity index (χ0) is 18.9. The maximum absolute atomic E-state index is 12.8. The predicted octanol–water partition coefficient (Wildman–Crippen LogP) is 3.67. The Kier molecular flexibility index (Phi) is 5.41. The van der Waals surface area contributed by atoms with Gasteiger partial charge < -0.3 is 10.2 Å². The number of carboxylic acid groups (broad SMARTS) is 2. The van der Waals surface area contributed by atoms with E-state index < -0.39 is 43.6 Å². The van der Waals surface area contributed by atoms with Crippen molar-refractivity contribution in [3.63, 3.8) is 0 Å². The minimum Gasteiger partial charge on any atom is -0.478 e. The molecule has 0 aliphatic rings. The van der Waals surface area contributed by atoms with E-state index in [4.69, 9.17) is 23.2 Å². The molecule has 0 spiro atoms. The van der Waals surface area contributed by atoms with Gasteiger partial charge in [0, 0.05) is 15.6 Å². The molecule has 0 saturated heterocycles. The van der Waals surface area contributed by atoms with Crippen LogP contribution < -0.4 is 0 Å². The van der Waals surface area contributed by atoms with Gasteiger partial charge in [0.2, 0.25) is 0 Å². The standard InChI is InChI=1S/C16H12Cl2O6S/c1-8-5-9(15(19)20)14(10(6-8)16(21)22)25(23,24)7-11-12(17)3-2-4-13(11)18/h2-6H,7H2,1H3,(H,19,20)(H,21,22). The maximum Gasteiger partial charge on any atom is 0.337 e. The third-order valence-corrected chi connectivity index (χ3v) is 5.84. The zero-order valence-corrected chi connectivity index (χ0v) is 15.1. The maximum atomic E-state index is 12.8. The van der Waals surface area contributed by atoms with Crippen LogP contribution in [-0.4, -0.2) is 30.6 Å². The lowest BCUT2D eigenvalue weighted by atomic mass is 10.1. The Morgan fingerprint density at radius 2 is 1.44 bits per heavy atom. The second-order valence-corrected chi connectivity index (χ2v) is 8.00. The number of aryl methyl sites for hydroxylation is 1. The lowest BCUT2D eigenvalue weighted by Gasteiger charge is -2.14. The van der Waals surface area contributed by atoms with Gasteiger partial charge in [0.15, 0.2) is 9.84 Å². The van der Waals surface area contributed by atoms with Crippen LogP contribution in [0.4, 0.5) is 0 Å². The highest BCUT2D eigenvalue weighted by atomic mass is 35.5. The van der Waals surface area contributed by atoms with Gasteiger partial charge in [-0.3, -0.25) is 0 Å². The van der Waals surface area contributed by atoms with Crippen molar-refractivity contribution in [2.45, 2.75) is 17.6 Å². The molecule has 2 rings (SSSR count). The normalized spacial score (nSPS) is 11.3. The topological polar surface area (TPSA) is 109 Å². The van der Waals surface area contributed by atoms with E-state index in [1.165, 1.54) is 25.1 Å². The fraction of sp³-hybridized carbons (Fsp3) is 0.125. The smallest absolute Gasteiger partial charge is 0.337 e. The summed E-state index contributed by atoms with van der Waals surface area (Å²) in [5.41, 5.74) is -0.843. The Balaban J connectivity index is 2.75. The molecular weight excluding hydrogens is 391 g/mol. The van der Waals surface area contributed by atoms with E-state index in [-0.39, 0.29) is 15.6 Å².